The topological polar surface area (TPSA) is 222 Å². The van der Waals surface area contributed by atoms with Gasteiger partial charge in [0.05, 0.1) is 35.5 Å². The number of aromatic nitrogens is 2. The second-order valence-corrected chi connectivity index (χ2v) is 14.5. The first-order valence-electron chi connectivity index (χ1n) is 19.9. The van der Waals surface area contributed by atoms with Crippen LogP contribution < -0.4 is 36.5 Å². The van der Waals surface area contributed by atoms with Crippen molar-refractivity contribution in [3.8, 4) is 23.0 Å². The van der Waals surface area contributed by atoms with Crippen LogP contribution in [-0.4, -0.2) is 102 Å². The van der Waals surface area contributed by atoms with Crippen LogP contribution in [0.4, 0.5) is 34.4 Å². The zero-order chi connectivity index (χ0) is 42.7. The van der Waals surface area contributed by atoms with Crippen molar-refractivity contribution in [3.05, 3.63) is 83.2 Å². The summed E-state index contributed by atoms with van der Waals surface area (Å²) >= 11 is 0. The highest BCUT2D eigenvalue weighted by atomic mass is 16.6. The minimum atomic E-state index is -0.474. The van der Waals surface area contributed by atoms with Crippen molar-refractivity contribution >= 4 is 46.2 Å². The Bertz CT molecular complexity index is 1970. The zero-order valence-electron chi connectivity index (χ0n) is 34.6. The van der Waals surface area contributed by atoms with Crippen molar-refractivity contribution in [2.24, 2.45) is 11.8 Å². The van der Waals surface area contributed by atoms with Gasteiger partial charge < -0.3 is 41.6 Å². The molecule has 2 saturated heterocycles. The molecule has 59 heavy (non-hydrogen) atoms. The molecule has 4 aromatic rings. The maximum absolute atomic E-state index is 12.3. The largest absolute Gasteiger partial charge is 0.457 e. The molecule has 0 atom stereocenters. The number of aliphatic hydroxyl groups is 1. The molecule has 0 unspecified atom stereocenters. The number of aliphatic hydroxyl groups excluding tert-OH is 1. The normalized spacial score (nSPS) is 14.7. The molecule has 2 amide bonds. The van der Waals surface area contributed by atoms with Gasteiger partial charge in [-0.2, -0.15) is 0 Å². The van der Waals surface area contributed by atoms with Crippen molar-refractivity contribution in [2.75, 3.05) is 87.0 Å². The number of likely N-dealkylation sites (tertiary alicyclic amines) is 2. The molecule has 2 aromatic carbocycles. The SMILES string of the molecule is CCO.CNc1ccc(Oc2ccnc(NC(=O)CN3CCC(C)CC3)c2)cc1N.CNc1ccc(Oc2ccnc(NC(=O)CN3CCC(C)CC3)c2)cc1[N+](=O)[O-]. The molecule has 0 saturated carbocycles. The number of rotatable bonds is 13. The Morgan fingerprint density at radius 1 is 0.746 bits per heavy atom. The van der Waals surface area contributed by atoms with Crippen molar-refractivity contribution in [1.29, 1.82) is 0 Å². The van der Waals surface area contributed by atoms with E-state index < -0.39 is 4.92 Å². The molecule has 17 heteroatoms. The molecule has 0 aliphatic carbocycles. The Kier molecular flexibility index (Phi) is 18.1. The van der Waals surface area contributed by atoms with E-state index in [1.807, 2.05) is 19.2 Å². The van der Waals surface area contributed by atoms with Crippen LogP contribution in [0.5, 0.6) is 23.0 Å². The third-order valence-corrected chi connectivity index (χ3v) is 9.68. The van der Waals surface area contributed by atoms with Crippen LogP contribution in [0.15, 0.2) is 73.1 Å². The molecule has 2 aromatic heterocycles. The quantitative estimate of drug-likeness (QED) is 0.0472. The number of benzene rings is 2. The summed E-state index contributed by atoms with van der Waals surface area (Å²) in [7, 11) is 3.43. The number of pyridine rings is 2. The fraction of sp³-hybridized carbons (Fsp3) is 0.429. The van der Waals surface area contributed by atoms with E-state index in [4.69, 9.17) is 20.3 Å². The smallest absolute Gasteiger partial charge is 0.296 e. The van der Waals surface area contributed by atoms with Gasteiger partial charge in [0, 0.05) is 51.3 Å². The summed E-state index contributed by atoms with van der Waals surface area (Å²) in [4.78, 5) is 48.0. The molecule has 17 nitrogen and oxygen atoms in total. The van der Waals surface area contributed by atoms with Gasteiger partial charge in [0.2, 0.25) is 11.8 Å². The van der Waals surface area contributed by atoms with Crippen LogP contribution in [0.1, 0.15) is 46.5 Å². The van der Waals surface area contributed by atoms with Crippen molar-refractivity contribution in [3.63, 3.8) is 0 Å². The van der Waals surface area contributed by atoms with E-state index in [0.717, 1.165) is 63.5 Å². The summed E-state index contributed by atoms with van der Waals surface area (Å²) in [5.41, 5.74) is 7.73. The molecule has 2 aliphatic rings. The molecule has 0 bridgehead atoms. The zero-order valence-corrected chi connectivity index (χ0v) is 34.6. The first kappa shape index (κ1) is 45.7. The minimum Gasteiger partial charge on any atom is -0.457 e. The Morgan fingerprint density at radius 3 is 1.56 bits per heavy atom. The van der Waals surface area contributed by atoms with Crippen molar-refractivity contribution in [1.82, 2.24) is 19.8 Å². The van der Waals surface area contributed by atoms with Crippen LogP contribution in [0.25, 0.3) is 0 Å². The molecular weight excluding hydrogens is 757 g/mol. The molecule has 4 heterocycles. The van der Waals surface area contributed by atoms with Crippen molar-refractivity contribution < 1.29 is 29.1 Å². The number of amides is 2. The highest BCUT2D eigenvalue weighted by molar-refractivity contribution is 5.92. The number of carbonyl (C=O) groups excluding carboxylic acids is 2. The van der Waals surface area contributed by atoms with Gasteiger partial charge in [-0.3, -0.25) is 29.5 Å². The number of ether oxygens (including phenoxy) is 2. The summed E-state index contributed by atoms with van der Waals surface area (Å²) < 4.78 is 11.6. The summed E-state index contributed by atoms with van der Waals surface area (Å²) in [5, 5.41) is 30.2. The number of nitrogens with two attached hydrogens (primary N) is 1. The summed E-state index contributed by atoms with van der Waals surface area (Å²) in [6.45, 7) is 10.9. The predicted octanol–water partition coefficient (Wildman–Crippen LogP) is 6.66. The third-order valence-electron chi connectivity index (χ3n) is 9.68. The predicted molar refractivity (Wildman–Crippen MR) is 231 cm³/mol. The van der Waals surface area contributed by atoms with E-state index in [1.54, 1.807) is 62.6 Å². The molecule has 0 radical (unpaired) electrons. The maximum atomic E-state index is 12.3. The number of carbonyl (C=O) groups is 2. The number of nitro groups is 1. The monoisotopic (exact) mass is 814 g/mol. The number of piperidine rings is 2. The number of nitrogens with one attached hydrogen (secondary N) is 4. The van der Waals surface area contributed by atoms with Crippen LogP contribution in [0.3, 0.4) is 0 Å². The van der Waals surface area contributed by atoms with E-state index >= 15 is 0 Å². The third kappa shape index (κ3) is 15.3. The lowest BCUT2D eigenvalue weighted by molar-refractivity contribution is -0.384. The Morgan fingerprint density at radius 2 is 1.15 bits per heavy atom. The molecule has 6 rings (SSSR count). The van der Waals surface area contributed by atoms with Crippen LogP contribution >= 0.6 is 0 Å². The Balaban J connectivity index is 0.000000245. The van der Waals surface area contributed by atoms with E-state index in [2.05, 4.69) is 54.9 Å². The van der Waals surface area contributed by atoms with Gasteiger partial charge in [-0.15, -0.1) is 0 Å². The average Bonchev–Trinajstić information content (AvgIpc) is 3.20. The van der Waals surface area contributed by atoms with Crippen molar-refractivity contribution in [2.45, 2.75) is 46.5 Å². The standard InChI is InChI=1S/C20H25N5O4.C20H27N5O2.C2H6O/c1-14-6-9-24(10-7-14)13-20(26)23-19-12-16(5-8-22-19)29-15-3-4-17(21-2)18(11-15)25(27)28;1-14-6-9-25(10-7-14)13-20(26)24-19-12-16(5-8-23-19)27-15-3-4-18(22-2)17(21)11-15;1-2-3/h3-5,8,11-12,14,21H,6-7,9-10,13H2,1-2H3,(H,22,23,26);3-5,8,11-12,14,22H,6-7,9-10,13,21H2,1-2H3,(H,23,24,26);3H,2H2,1H3. The van der Waals surface area contributed by atoms with Gasteiger partial charge in [0.25, 0.3) is 5.69 Å². The molecule has 318 valence electrons. The van der Waals surface area contributed by atoms with Crippen LogP contribution in [-0.2, 0) is 9.59 Å². The molecule has 2 fully saturated rings. The lowest BCUT2D eigenvalue weighted by atomic mass is 9.99. The fourth-order valence-corrected chi connectivity index (χ4v) is 6.34. The molecular formula is C42H58N10O7. The summed E-state index contributed by atoms with van der Waals surface area (Å²) in [6.07, 6.45) is 7.62. The van der Waals surface area contributed by atoms with E-state index in [1.165, 1.54) is 12.3 Å². The molecule has 2 aliphatic heterocycles. The number of nitrogen functional groups attached to an aromatic ring is 1. The van der Waals surface area contributed by atoms with Crippen LogP contribution in [0.2, 0.25) is 0 Å². The van der Waals surface area contributed by atoms with Gasteiger partial charge >= 0.3 is 0 Å². The Hall–Kier alpha value is -6.04. The van der Waals surface area contributed by atoms with Gasteiger partial charge in [-0.1, -0.05) is 13.8 Å². The second-order valence-electron chi connectivity index (χ2n) is 14.5. The van der Waals surface area contributed by atoms with Gasteiger partial charge in [-0.05, 0) is 107 Å². The number of nitro benzene ring substituents is 1. The van der Waals surface area contributed by atoms with Gasteiger partial charge in [0.15, 0.2) is 0 Å². The number of hydrogen-bond acceptors (Lipinski definition) is 14. The molecule has 0 spiro atoms. The Labute approximate surface area is 345 Å². The summed E-state index contributed by atoms with van der Waals surface area (Å²) in [5.74, 6) is 4.08. The highest BCUT2D eigenvalue weighted by Gasteiger charge is 2.20. The second kappa shape index (κ2) is 23.4. The first-order valence-corrected chi connectivity index (χ1v) is 19.9. The minimum absolute atomic E-state index is 0.0585. The average molecular weight is 815 g/mol. The van der Waals surface area contributed by atoms with Crippen LogP contribution in [0, 0.1) is 22.0 Å². The van der Waals surface area contributed by atoms with E-state index in [9.17, 15) is 19.7 Å². The first-order chi connectivity index (χ1) is 28.4. The van der Waals surface area contributed by atoms with E-state index in [0.29, 0.717) is 65.0 Å². The number of nitrogens with zero attached hydrogens (tertiary/aromatic N) is 5. The molecule has 7 N–H and O–H groups in total. The summed E-state index contributed by atoms with van der Waals surface area (Å²) in [6, 6.07) is 16.7. The van der Waals surface area contributed by atoms with Gasteiger partial charge in [0.1, 0.15) is 40.3 Å². The lowest BCUT2D eigenvalue weighted by Crippen LogP contribution is -2.38. The van der Waals surface area contributed by atoms with Gasteiger partial charge in [-0.25, -0.2) is 9.97 Å². The number of anilines is 5. The fourth-order valence-electron chi connectivity index (χ4n) is 6.34. The number of hydrogen-bond donors (Lipinski definition) is 6. The van der Waals surface area contributed by atoms with E-state index in [-0.39, 0.29) is 24.1 Å². The maximum Gasteiger partial charge on any atom is 0.296 e. The highest BCUT2D eigenvalue weighted by Crippen LogP contribution is 2.32. The lowest BCUT2D eigenvalue weighted by Gasteiger charge is -2.29.